The Bertz CT molecular complexity index is 1200. The van der Waals surface area contributed by atoms with Gasteiger partial charge in [-0.1, -0.05) is 0 Å². The number of nitrogens with one attached hydrogen (secondary N) is 1. The number of urea groups is 1. The summed E-state index contributed by atoms with van der Waals surface area (Å²) in [5.41, 5.74) is 6.62. The maximum absolute atomic E-state index is 13.2. The zero-order valence-corrected chi connectivity index (χ0v) is 17.5. The Morgan fingerprint density at radius 3 is 2.76 bits per heavy atom. The van der Waals surface area contributed by atoms with Crippen molar-refractivity contribution >= 4 is 11.8 Å². The summed E-state index contributed by atoms with van der Waals surface area (Å²) in [5.74, 6) is -0.561. The number of aromatic nitrogens is 5. The van der Waals surface area contributed by atoms with Gasteiger partial charge in [0.25, 0.3) is 0 Å². The van der Waals surface area contributed by atoms with E-state index in [9.17, 15) is 18.0 Å². The predicted molar refractivity (Wildman–Crippen MR) is 112 cm³/mol. The number of anilines is 1. The lowest BCUT2D eigenvalue weighted by atomic mass is 9.82. The molecular formula is C21H21F3N8O. The van der Waals surface area contributed by atoms with Gasteiger partial charge < -0.3 is 16.0 Å². The molecule has 3 aromatic rings. The molecule has 1 spiro atoms. The van der Waals surface area contributed by atoms with Crippen molar-refractivity contribution in [3.8, 4) is 11.3 Å². The summed E-state index contributed by atoms with van der Waals surface area (Å²) >= 11 is 0. The maximum atomic E-state index is 13.2. The van der Waals surface area contributed by atoms with Crippen molar-refractivity contribution in [1.29, 1.82) is 0 Å². The molecule has 2 amide bonds. The van der Waals surface area contributed by atoms with Crippen molar-refractivity contribution < 1.29 is 18.0 Å². The van der Waals surface area contributed by atoms with Crippen molar-refractivity contribution in [1.82, 2.24) is 35.2 Å². The van der Waals surface area contributed by atoms with Gasteiger partial charge in [-0.25, -0.2) is 9.78 Å². The zero-order chi connectivity index (χ0) is 23.2. The number of nitrogens with zero attached hydrogens (tertiary/aromatic N) is 6. The molecule has 0 unspecified atom stereocenters. The summed E-state index contributed by atoms with van der Waals surface area (Å²) in [6, 6.07) is 4.41. The van der Waals surface area contributed by atoms with Crippen LogP contribution in [-0.2, 0) is 24.7 Å². The number of pyridine rings is 1. The van der Waals surface area contributed by atoms with E-state index in [1.54, 1.807) is 23.4 Å². The first-order valence-corrected chi connectivity index (χ1v) is 10.4. The van der Waals surface area contributed by atoms with E-state index in [1.165, 1.54) is 6.20 Å². The van der Waals surface area contributed by atoms with E-state index in [1.807, 2.05) is 10.7 Å². The van der Waals surface area contributed by atoms with Crippen LogP contribution in [0.3, 0.4) is 0 Å². The van der Waals surface area contributed by atoms with Gasteiger partial charge in [-0.15, -0.1) is 0 Å². The fourth-order valence-electron chi connectivity index (χ4n) is 4.62. The van der Waals surface area contributed by atoms with Gasteiger partial charge in [0.2, 0.25) is 0 Å². The third-order valence-corrected chi connectivity index (χ3v) is 6.38. The van der Waals surface area contributed by atoms with Gasteiger partial charge in [0, 0.05) is 55.2 Å². The number of alkyl halides is 3. The first kappa shape index (κ1) is 21.2. The molecule has 5 heterocycles. The molecule has 9 nitrogen and oxygen atoms in total. The summed E-state index contributed by atoms with van der Waals surface area (Å²) in [4.78, 5) is 18.2. The number of hydrogen-bond acceptors (Lipinski definition) is 6. The molecule has 33 heavy (non-hydrogen) atoms. The van der Waals surface area contributed by atoms with Crippen LogP contribution >= 0.6 is 0 Å². The molecule has 3 aromatic heterocycles. The number of carbonyl (C=O) groups excluding carboxylic acids is 1. The van der Waals surface area contributed by atoms with Crippen LogP contribution in [0.25, 0.3) is 11.3 Å². The third kappa shape index (κ3) is 3.85. The minimum Gasteiger partial charge on any atom is -0.383 e. The molecule has 2 aliphatic rings. The number of nitrogen functional groups attached to an aromatic ring is 1. The molecule has 1 saturated heterocycles. The molecule has 0 bridgehead atoms. The van der Waals surface area contributed by atoms with Gasteiger partial charge in [-0.2, -0.15) is 28.5 Å². The van der Waals surface area contributed by atoms with Crippen LogP contribution in [0.4, 0.5) is 23.8 Å². The molecule has 0 radical (unpaired) electrons. The molecule has 0 aromatic carbocycles. The number of fused-ring (bicyclic) bond motifs is 2. The van der Waals surface area contributed by atoms with E-state index in [-0.39, 0.29) is 17.0 Å². The number of halogens is 3. The topological polar surface area (TPSA) is 115 Å². The second-order valence-corrected chi connectivity index (χ2v) is 8.40. The lowest BCUT2D eigenvalue weighted by molar-refractivity contribution is -0.137. The Labute approximate surface area is 186 Å². The smallest absolute Gasteiger partial charge is 0.383 e. The summed E-state index contributed by atoms with van der Waals surface area (Å²) in [7, 11) is 0. The highest BCUT2D eigenvalue weighted by atomic mass is 19.4. The average Bonchev–Trinajstić information content (AvgIpc) is 3.49. The number of hydrogen-bond donors (Lipinski definition) is 2. The second kappa shape index (κ2) is 7.71. The van der Waals surface area contributed by atoms with Crippen molar-refractivity contribution in [2.24, 2.45) is 0 Å². The van der Waals surface area contributed by atoms with Gasteiger partial charge >= 0.3 is 12.2 Å². The van der Waals surface area contributed by atoms with E-state index in [0.29, 0.717) is 31.9 Å². The lowest BCUT2D eigenvalue weighted by Gasteiger charge is -2.23. The number of nitrogens with two attached hydrogens (primary N) is 1. The van der Waals surface area contributed by atoms with E-state index < -0.39 is 17.6 Å². The van der Waals surface area contributed by atoms with E-state index in [2.05, 4.69) is 25.6 Å². The first-order valence-electron chi connectivity index (χ1n) is 10.4. The fraction of sp³-hybridized carbons (Fsp3) is 0.381. The highest BCUT2D eigenvalue weighted by Gasteiger charge is 2.47. The molecule has 172 valence electrons. The van der Waals surface area contributed by atoms with Gasteiger partial charge in [0.15, 0.2) is 0 Å². The molecule has 2 aliphatic heterocycles. The number of likely N-dealkylation sites (tertiary alicyclic amines) is 1. The Morgan fingerprint density at radius 2 is 2.00 bits per heavy atom. The normalized spacial score (nSPS) is 19.8. The fourth-order valence-corrected chi connectivity index (χ4v) is 4.62. The molecule has 0 aliphatic carbocycles. The Morgan fingerprint density at radius 1 is 1.18 bits per heavy atom. The van der Waals surface area contributed by atoms with Crippen molar-refractivity contribution in [2.75, 3.05) is 18.8 Å². The lowest BCUT2D eigenvalue weighted by Crippen LogP contribution is -2.40. The highest BCUT2D eigenvalue weighted by Crippen LogP contribution is 2.44. The van der Waals surface area contributed by atoms with Crippen LogP contribution in [0.2, 0.25) is 0 Å². The summed E-state index contributed by atoms with van der Waals surface area (Å²) in [6.07, 6.45) is 1.45. The molecule has 12 heteroatoms. The minimum atomic E-state index is -4.59. The number of aryl methyl sites for hydroxylation is 1. The zero-order valence-electron chi connectivity index (χ0n) is 17.5. The van der Waals surface area contributed by atoms with Crippen molar-refractivity contribution in [3.63, 3.8) is 0 Å². The standard InChI is InChI=1S/C21H21F3N8O/c22-21(23,24)15-7-14(11-26-18(15)25)16-8-17-20(3-6-32(17)30-16)2-5-31(12-20)19(33)27-9-13-1-4-28-29-10-13/h1,4,7-8,10-11H,2-3,5-6,9,12H2,(H2,25,26)(H,27,33)/t20-/m1/s1. The maximum Gasteiger partial charge on any atom is 0.419 e. The number of rotatable bonds is 3. The quantitative estimate of drug-likeness (QED) is 0.624. The first-order chi connectivity index (χ1) is 15.7. The van der Waals surface area contributed by atoms with Crippen LogP contribution < -0.4 is 11.1 Å². The van der Waals surface area contributed by atoms with Gasteiger partial charge in [-0.3, -0.25) is 4.68 Å². The van der Waals surface area contributed by atoms with Crippen molar-refractivity contribution in [3.05, 3.63) is 53.6 Å². The van der Waals surface area contributed by atoms with Gasteiger partial charge in [-0.05, 0) is 36.6 Å². The van der Waals surface area contributed by atoms with Crippen LogP contribution in [-0.4, -0.2) is 49.0 Å². The van der Waals surface area contributed by atoms with Crippen LogP contribution in [0.15, 0.2) is 36.8 Å². The van der Waals surface area contributed by atoms with E-state index in [4.69, 9.17) is 5.73 Å². The molecule has 1 fully saturated rings. The largest absolute Gasteiger partial charge is 0.419 e. The van der Waals surface area contributed by atoms with Crippen molar-refractivity contribution in [2.45, 2.75) is 37.5 Å². The third-order valence-electron chi connectivity index (χ3n) is 6.38. The van der Waals surface area contributed by atoms with Gasteiger partial charge in [0.05, 0.1) is 17.5 Å². The van der Waals surface area contributed by atoms with Crippen LogP contribution in [0, 0.1) is 0 Å². The van der Waals surface area contributed by atoms with E-state index in [0.717, 1.165) is 30.2 Å². The summed E-state index contributed by atoms with van der Waals surface area (Å²) < 4.78 is 41.5. The Balaban J connectivity index is 1.33. The SMILES string of the molecule is Nc1ncc(-c2cc3n(n2)CC[C@@]32CCN(C(=O)NCc3ccnnc3)C2)cc1C(F)(F)F. The average molecular weight is 458 g/mol. The molecule has 3 N–H and O–H groups in total. The molecule has 0 saturated carbocycles. The van der Waals surface area contributed by atoms with Gasteiger partial charge in [0.1, 0.15) is 5.82 Å². The monoisotopic (exact) mass is 458 g/mol. The van der Waals surface area contributed by atoms with Crippen LogP contribution in [0.1, 0.15) is 29.7 Å². The van der Waals surface area contributed by atoms with E-state index >= 15 is 0 Å². The number of carbonyl (C=O) groups is 1. The second-order valence-electron chi connectivity index (χ2n) is 8.40. The molecule has 5 rings (SSSR count). The summed E-state index contributed by atoms with van der Waals surface area (Å²) in [5, 5.41) is 14.9. The number of amides is 2. The van der Waals surface area contributed by atoms with Crippen LogP contribution in [0.5, 0.6) is 0 Å². The predicted octanol–water partition coefficient (Wildman–Crippen LogP) is 2.59. The highest BCUT2D eigenvalue weighted by molar-refractivity contribution is 5.75. The Hall–Kier alpha value is -3.70. The molecular weight excluding hydrogens is 437 g/mol. The minimum absolute atomic E-state index is 0.167. The molecule has 1 atom stereocenters. The Kier molecular flexibility index (Phi) is 4.94. The summed E-state index contributed by atoms with van der Waals surface area (Å²) in [6.45, 7) is 2.10.